The van der Waals surface area contributed by atoms with E-state index in [1.165, 1.54) is 0 Å². The van der Waals surface area contributed by atoms with Gasteiger partial charge in [-0.25, -0.2) is 0 Å². The molecule has 2 aromatic heterocycles. The van der Waals surface area contributed by atoms with Crippen molar-refractivity contribution in [3.8, 4) is 33.7 Å². The maximum atomic E-state index is 14.0. The Morgan fingerprint density at radius 1 is 0.829 bits per heavy atom. The third kappa shape index (κ3) is 3.61. The van der Waals surface area contributed by atoms with Crippen LogP contribution < -0.4 is 16.9 Å². The lowest BCUT2D eigenvalue weighted by Crippen LogP contribution is -2.43. The number of benzene rings is 3. The van der Waals surface area contributed by atoms with Crippen LogP contribution >= 0.6 is 0 Å². The van der Waals surface area contributed by atoms with Crippen LogP contribution in [0.3, 0.4) is 0 Å². The first-order chi connectivity index (χ1) is 17.0. The van der Waals surface area contributed by atoms with Gasteiger partial charge in [-0.2, -0.15) is 0 Å². The van der Waals surface area contributed by atoms with Crippen LogP contribution in [-0.2, 0) is 5.54 Å². The number of nitrogens with zero attached hydrogens (tertiary/aromatic N) is 1. The SMILES string of the molecule is Nc1cccc(-c2nccc3c(=O)c(-c4ccc(C5(N)CCC5)cc4)c(-c4ccccc4)oc23)c1. The second-order valence-electron chi connectivity index (χ2n) is 9.25. The molecule has 35 heavy (non-hydrogen) atoms. The molecule has 2 heterocycles. The minimum Gasteiger partial charge on any atom is -0.453 e. The lowest BCUT2D eigenvalue weighted by Gasteiger charge is -2.38. The molecule has 0 unspecified atom stereocenters. The summed E-state index contributed by atoms with van der Waals surface area (Å²) in [5, 5.41) is 0.477. The van der Waals surface area contributed by atoms with Crippen LogP contribution in [0.2, 0.25) is 0 Å². The summed E-state index contributed by atoms with van der Waals surface area (Å²) >= 11 is 0. The van der Waals surface area contributed by atoms with E-state index in [1.807, 2.05) is 78.9 Å². The van der Waals surface area contributed by atoms with Crippen molar-refractivity contribution in [2.75, 3.05) is 5.73 Å². The Morgan fingerprint density at radius 3 is 2.26 bits per heavy atom. The highest BCUT2D eigenvalue weighted by atomic mass is 16.3. The summed E-state index contributed by atoms with van der Waals surface area (Å²) in [4.78, 5) is 18.5. The normalized spacial score (nSPS) is 14.5. The van der Waals surface area contributed by atoms with Crippen LogP contribution in [0.15, 0.2) is 100 Å². The van der Waals surface area contributed by atoms with Gasteiger partial charge in [-0.3, -0.25) is 9.78 Å². The Hall–Kier alpha value is -4.22. The Morgan fingerprint density at radius 2 is 1.57 bits per heavy atom. The van der Waals surface area contributed by atoms with Crippen molar-refractivity contribution in [3.63, 3.8) is 0 Å². The number of rotatable bonds is 4. The van der Waals surface area contributed by atoms with Crippen LogP contribution in [0.1, 0.15) is 24.8 Å². The van der Waals surface area contributed by atoms with E-state index < -0.39 is 0 Å². The van der Waals surface area contributed by atoms with Gasteiger partial charge in [0, 0.05) is 28.6 Å². The molecule has 5 nitrogen and oxygen atoms in total. The van der Waals surface area contributed by atoms with E-state index in [1.54, 1.807) is 12.3 Å². The lowest BCUT2D eigenvalue weighted by molar-refractivity contribution is 0.253. The first kappa shape index (κ1) is 21.3. The predicted molar refractivity (Wildman–Crippen MR) is 141 cm³/mol. The highest BCUT2D eigenvalue weighted by Gasteiger charge is 2.34. The van der Waals surface area contributed by atoms with Gasteiger partial charge in [-0.15, -0.1) is 0 Å². The van der Waals surface area contributed by atoms with Crippen LogP contribution in [0.5, 0.6) is 0 Å². The molecule has 1 aliphatic carbocycles. The molecule has 6 rings (SSSR count). The average Bonchev–Trinajstić information content (AvgIpc) is 2.87. The second kappa shape index (κ2) is 8.22. The summed E-state index contributed by atoms with van der Waals surface area (Å²) in [6, 6.07) is 26.9. The maximum absolute atomic E-state index is 14.0. The Kier molecular flexibility index (Phi) is 5.01. The molecule has 1 aliphatic rings. The third-order valence-corrected chi connectivity index (χ3v) is 7.00. The fourth-order valence-electron chi connectivity index (χ4n) is 4.88. The number of anilines is 1. The molecule has 0 saturated heterocycles. The molecule has 1 saturated carbocycles. The van der Waals surface area contributed by atoms with Gasteiger partial charge in [-0.05, 0) is 48.6 Å². The van der Waals surface area contributed by atoms with Gasteiger partial charge in [0.1, 0.15) is 11.5 Å². The summed E-state index contributed by atoms with van der Waals surface area (Å²) in [5.41, 5.74) is 17.9. The molecule has 5 heteroatoms. The number of aromatic nitrogens is 1. The standard InChI is InChI=1S/C30H25N3O2/c31-23-9-4-8-21(18-23)26-29-24(14-17-33-26)27(34)25(28(35-29)20-6-2-1-3-7-20)19-10-12-22(13-11-19)30(32)15-5-16-30/h1-4,6-14,17-18H,5,15-16,31-32H2. The van der Waals surface area contributed by atoms with Crippen molar-refractivity contribution in [2.24, 2.45) is 5.73 Å². The van der Waals surface area contributed by atoms with Crippen molar-refractivity contribution in [2.45, 2.75) is 24.8 Å². The fourth-order valence-corrected chi connectivity index (χ4v) is 4.88. The van der Waals surface area contributed by atoms with E-state index in [4.69, 9.17) is 15.9 Å². The van der Waals surface area contributed by atoms with Crippen LogP contribution in [0.25, 0.3) is 44.7 Å². The quantitative estimate of drug-likeness (QED) is 0.316. The third-order valence-electron chi connectivity index (χ3n) is 7.00. The van der Waals surface area contributed by atoms with Gasteiger partial charge in [0.2, 0.25) is 5.43 Å². The average molecular weight is 460 g/mol. The summed E-state index contributed by atoms with van der Waals surface area (Å²) in [7, 11) is 0. The van der Waals surface area contributed by atoms with Gasteiger partial charge in [0.05, 0.1) is 10.9 Å². The van der Waals surface area contributed by atoms with E-state index in [9.17, 15) is 4.79 Å². The predicted octanol–water partition coefficient (Wildman–Crippen LogP) is 6.11. The minimum absolute atomic E-state index is 0.100. The molecule has 0 spiro atoms. The molecule has 0 bridgehead atoms. The molecule has 0 atom stereocenters. The fraction of sp³-hybridized carbons (Fsp3) is 0.133. The number of nitrogens with two attached hydrogens (primary N) is 2. The Labute approximate surface area is 203 Å². The summed E-state index contributed by atoms with van der Waals surface area (Å²) in [6.45, 7) is 0. The van der Waals surface area contributed by atoms with Gasteiger partial charge in [-0.1, -0.05) is 66.7 Å². The highest BCUT2D eigenvalue weighted by molar-refractivity contribution is 5.95. The van der Waals surface area contributed by atoms with Crippen molar-refractivity contribution in [1.82, 2.24) is 4.98 Å². The molecular formula is C30H25N3O2. The van der Waals surface area contributed by atoms with Crippen LogP contribution in [0.4, 0.5) is 5.69 Å². The van der Waals surface area contributed by atoms with Crippen LogP contribution in [-0.4, -0.2) is 4.98 Å². The number of pyridine rings is 1. The minimum atomic E-state index is -0.257. The second-order valence-corrected chi connectivity index (χ2v) is 9.25. The molecule has 1 fully saturated rings. The Bertz CT molecular complexity index is 1600. The van der Waals surface area contributed by atoms with Gasteiger partial charge in [0.15, 0.2) is 5.58 Å². The van der Waals surface area contributed by atoms with Crippen molar-refractivity contribution < 1.29 is 4.42 Å². The van der Waals surface area contributed by atoms with E-state index in [2.05, 4.69) is 4.98 Å². The summed E-state index contributed by atoms with van der Waals surface area (Å²) in [6.07, 6.45) is 4.76. The van der Waals surface area contributed by atoms with E-state index in [0.717, 1.165) is 41.5 Å². The molecule has 0 aliphatic heterocycles. The largest absolute Gasteiger partial charge is 0.453 e. The zero-order valence-corrected chi connectivity index (χ0v) is 19.2. The monoisotopic (exact) mass is 459 g/mol. The van der Waals surface area contributed by atoms with Gasteiger partial charge < -0.3 is 15.9 Å². The molecule has 172 valence electrons. The van der Waals surface area contributed by atoms with Crippen molar-refractivity contribution in [1.29, 1.82) is 0 Å². The first-order valence-corrected chi connectivity index (χ1v) is 11.8. The summed E-state index contributed by atoms with van der Waals surface area (Å²) < 4.78 is 6.54. The lowest BCUT2D eigenvalue weighted by atomic mass is 9.72. The maximum Gasteiger partial charge on any atom is 0.201 e. The van der Waals surface area contributed by atoms with E-state index in [0.29, 0.717) is 33.7 Å². The molecule has 0 amide bonds. The Balaban J connectivity index is 1.61. The van der Waals surface area contributed by atoms with Crippen LogP contribution in [0, 0.1) is 0 Å². The van der Waals surface area contributed by atoms with Crippen molar-refractivity contribution >= 4 is 16.7 Å². The molecule has 4 N–H and O–H groups in total. The number of fused-ring (bicyclic) bond motifs is 1. The van der Waals surface area contributed by atoms with Gasteiger partial charge in [0.25, 0.3) is 0 Å². The number of hydrogen-bond donors (Lipinski definition) is 2. The van der Waals surface area contributed by atoms with E-state index >= 15 is 0 Å². The van der Waals surface area contributed by atoms with Gasteiger partial charge >= 0.3 is 0 Å². The number of hydrogen-bond acceptors (Lipinski definition) is 5. The molecule has 5 aromatic rings. The first-order valence-electron chi connectivity index (χ1n) is 11.8. The van der Waals surface area contributed by atoms with E-state index in [-0.39, 0.29) is 11.0 Å². The summed E-state index contributed by atoms with van der Waals surface area (Å²) in [5.74, 6) is 0.514. The highest BCUT2D eigenvalue weighted by Crippen LogP contribution is 2.40. The smallest absolute Gasteiger partial charge is 0.201 e. The zero-order chi connectivity index (χ0) is 24.0. The molecule has 0 radical (unpaired) electrons. The molecular weight excluding hydrogens is 434 g/mol. The zero-order valence-electron chi connectivity index (χ0n) is 19.2. The number of nitrogen functional groups attached to an aromatic ring is 1. The molecule has 3 aromatic carbocycles. The topological polar surface area (TPSA) is 95.1 Å². The van der Waals surface area contributed by atoms with Crippen molar-refractivity contribution in [3.05, 3.63) is 107 Å².